The van der Waals surface area contributed by atoms with Gasteiger partial charge >= 0.3 is 18.0 Å². The molecule has 105 heavy (non-hydrogen) atoms. The molecule has 28 nitrogen and oxygen atoms in total. The number of unbranched alkanes of at least 4 members (excludes halogenated alkanes) is 2. The van der Waals surface area contributed by atoms with Gasteiger partial charge in [0.05, 0.1) is 45.8 Å². The number of fused-ring (bicyclic) bond motifs is 2. The number of thiazole rings is 1. The molecule has 4 saturated carbocycles. The summed E-state index contributed by atoms with van der Waals surface area (Å²) in [6.07, 6.45) is 5.68. The number of hydrogen-bond acceptors (Lipinski definition) is 21. The Labute approximate surface area is 608 Å². The lowest BCUT2D eigenvalue weighted by Gasteiger charge is -2.69. The number of aromatic nitrogens is 4. The summed E-state index contributed by atoms with van der Waals surface area (Å²) in [7, 11) is -4.55. The molecule has 13 rings (SSSR count). The number of carbonyl (C=O) groups is 8. The van der Waals surface area contributed by atoms with E-state index in [9.17, 15) is 76.9 Å². The van der Waals surface area contributed by atoms with Crippen molar-refractivity contribution in [1.82, 2.24) is 34.9 Å². The zero-order chi connectivity index (χ0) is 74.8. The van der Waals surface area contributed by atoms with Crippen molar-refractivity contribution < 1.29 is 91.1 Å². The van der Waals surface area contributed by atoms with Crippen molar-refractivity contribution in [3.05, 3.63) is 138 Å². The summed E-state index contributed by atoms with van der Waals surface area (Å²) >= 11 is 1.37. The third kappa shape index (κ3) is 17.3. The van der Waals surface area contributed by atoms with E-state index in [1.54, 1.807) is 30.5 Å². The van der Waals surface area contributed by atoms with Crippen LogP contribution in [0.5, 0.6) is 5.75 Å². The van der Waals surface area contributed by atoms with Crippen LogP contribution in [0.4, 0.5) is 15.6 Å². The number of anilines is 2. The molecular formula is C75H83N9O19S2. The molecular weight excluding hydrogens is 1400 g/mol. The van der Waals surface area contributed by atoms with Crippen molar-refractivity contribution in [3.8, 4) is 28.1 Å². The summed E-state index contributed by atoms with van der Waals surface area (Å²) in [4.78, 5) is 114. The SMILES string of the molecule is Cc1c(-c2ccc(-c3ccc4cccc(C(=O)Nc5nc6ccccc6s5)c4c3)nc2C(=O)O)cnn1CC12CC3(C)CC(C)(C1)CC(OCCN(CCS(=O)(=O)O)C(=O)OC/C=C/c1ccc(O[C@@H]4N[C@H](C(=O)O)[C@@H](O)[C@H](O)[C@H]4O)c(NC(=O)CCCC(=O)CCCCCN4C(=O)C=CC4=O)c1)(C3)C2. The molecule has 1 saturated heterocycles. The topological polar surface area (TPSA) is 406 Å². The molecule has 3 aromatic heterocycles. The van der Waals surface area contributed by atoms with Crippen LogP contribution in [0.25, 0.3) is 49.4 Å². The van der Waals surface area contributed by atoms with Crippen LogP contribution in [0.2, 0.25) is 0 Å². The average Bonchev–Trinajstić information content (AvgIpc) is 0.856. The van der Waals surface area contributed by atoms with Crippen molar-refractivity contribution in [3.63, 3.8) is 0 Å². The standard InChI is InChI=1S/C75H83N9O19S2/c1-44-52(49-23-24-53(78-61(49)68(93)94)47-22-21-46-13-9-16-50(51(46)35-47)66(92)81-70-79-54-17-6-7-18-57(54)104-70)36-76-84(44)43-74-38-72(2)37-73(3,39-74)41-75(40-72,42-74)102-32-29-82(30-33-105(98,99)100)71(97)101-31-11-12-45-20-25-56(103-67-65(91)64(90)63(89)62(80-67)69(95)96)55(34-45)77-58(86)19-10-15-48(85)14-5-4-8-28-83-59(87)26-27-60(83)88/h6-7,9,11-13,16-18,20-27,34-36,62-65,67,80,89-91H,4-5,8,10,14-15,19,28-33,37-43H2,1-3H3,(H,77,86)(H,93,94)(H,95,96)(H,79,81,92)(H,98,99,100)/b12-11+/t62-,63+,64-,65+,67-,72?,73?,74?,75?/m0/s1. The smallest absolute Gasteiger partial charge is 0.410 e. The number of aromatic carboxylic acids is 1. The molecule has 7 atom stereocenters. The number of Topliss-reactive ketones (excluding diaryl/α,β-unsaturated/α-hetero) is 1. The Morgan fingerprint density at radius 1 is 0.781 bits per heavy atom. The van der Waals surface area contributed by atoms with Crippen molar-refractivity contribution in [2.75, 3.05) is 49.2 Å². The minimum Gasteiger partial charge on any atom is -0.480 e. The summed E-state index contributed by atoms with van der Waals surface area (Å²) in [6.45, 7) is 6.29. The number of ether oxygens (including phenoxy) is 3. The number of amides is 5. The largest absolute Gasteiger partial charge is 0.480 e. The number of para-hydroxylation sites is 1. The number of piperidine rings is 1. The van der Waals surface area contributed by atoms with Crippen molar-refractivity contribution in [2.45, 2.75) is 147 Å². The number of ketones is 1. The third-order valence-electron chi connectivity index (χ3n) is 20.4. The van der Waals surface area contributed by atoms with E-state index >= 15 is 0 Å². The Hall–Kier alpha value is -9.66. The molecule has 0 spiro atoms. The molecule has 4 aliphatic carbocycles. The van der Waals surface area contributed by atoms with Gasteiger partial charge in [-0.1, -0.05) is 80.1 Å². The number of aliphatic carboxylic acids is 1. The molecule has 2 aliphatic heterocycles. The van der Waals surface area contributed by atoms with Gasteiger partial charge in [-0.05, 0) is 152 Å². The Morgan fingerprint density at radius 3 is 2.27 bits per heavy atom. The summed E-state index contributed by atoms with van der Waals surface area (Å²) < 4.78 is 55.5. The number of rotatable bonds is 31. The van der Waals surface area contributed by atoms with E-state index in [0.29, 0.717) is 76.3 Å². The van der Waals surface area contributed by atoms with Gasteiger partial charge < -0.3 is 50.0 Å². The van der Waals surface area contributed by atoms with Crippen LogP contribution in [0.1, 0.15) is 129 Å². The molecule has 6 aliphatic rings. The molecule has 7 aromatic rings. The van der Waals surface area contributed by atoms with Crippen molar-refractivity contribution in [1.29, 1.82) is 0 Å². The average molecular weight is 1480 g/mol. The first-order valence-corrected chi connectivity index (χ1v) is 37.2. The Balaban J connectivity index is 0.686. The van der Waals surface area contributed by atoms with Crippen LogP contribution >= 0.6 is 11.3 Å². The fourth-order valence-electron chi connectivity index (χ4n) is 16.8. The monoisotopic (exact) mass is 1480 g/mol. The number of carboxylic acid groups (broad SMARTS) is 2. The van der Waals surface area contributed by atoms with Crippen LogP contribution in [0.3, 0.4) is 0 Å². The number of pyridine rings is 1. The molecule has 554 valence electrons. The van der Waals surface area contributed by atoms with Gasteiger partial charge in [0.15, 0.2) is 17.1 Å². The minimum absolute atomic E-state index is 0.0124. The van der Waals surface area contributed by atoms with Gasteiger partial charge in [-0.25, -0.2) is 19.6 Å². The first-order valence-electron chi connectivity index (χ1n) is 34.8. The first-order chi connectivity index (χ1) is 50.0. The second kappa shape index (κ2) is 30.8. The molecule has 9 N–H and O–H groups in total. The van der Waals surface area contributed by atoms with E-state index in [1.807, 2.05) is 60.1 Å². The van der Waals surface area contributed by atoms with Crippen LogP contribution in [-0.4, -0.2) is 190 Å². The third-order valence-corrected chi connectivity index (χ3v) is 22.1. The summed E-state index contributed by atoms with van der Waals surface area (Å²) in [5, 5.41) is 67.1. The Morgan fingerprint density at radius 2 is 1.53 bits per heavy atom. The second-order valence-corrected chi connectivity index (χ2v) is 31.6. The van der Waals surface area contributed by atoms with E-state index in [-0.39, 0.29) is 109 Å². The number of carbonyl (C=O) groups excluding carboxylic acids is 6. The fraction of sp³-hybridized carbons (Fsp3) is 0.427. The Kier molecular flexibility index (Phi) is 22.0. The number of aliphatic hydroxyl groups excluding tert-OH is 3. The molecule has 2 unspecified atom stereocenters. The summed E-state index contributed by atoms with van der Waals surface area (Å²) in [5.74, 6) is -5.40. The van der Waals surface area contributed by atoms with Gasteiger partial charge in [0, 0.05) is 85.5 Å². The molecule has 5 fully saturated rings. The van der Waals surface area contributed by atoms with E-state index in [4.69, 9.17) is 24.3 Å². The highest BCUT2D eigenvalue weighted by Crippen LogP contribution is 2.72. The maximum Gasteiger partial charge on any atom is 0.410 e. The van der Waals surface area contributed by atoms with Crippen LogP contribution in [0.15, 0.2) is 115 Å². The lowest BCUT2D eigenvalue weighted by Crippen LogP contribution is -2.68. The van der Waals surface area contributed by atoms with Gasteiger partial charge in [0.25, 0.3) is 27.8 Å². The molecule has 5 amide bonds. The van der Waals surface area contributed by atoms with Gasteiger partial charge in [-0.3, -0.25) is 53.5 Å². The lowest BCUT2D eigenvalue weighted by molar-refractivity contribution is -0.248. The number of nitrogens with zero attached hydrogens (tertiary/aromatic N) is 6. The van der Waals surface area contributed by atoms with Gasteiger partial charge in [-0.15, -0.1) is 0 Å². The highest BCUT2D eigenvalue weighted by Gasteiger charge is 2.66. The normalized spacial score (nSPS) is 24.1. The van der Waals surface area contributed by atoms with Gasteiger partial charge in [0.1, 0.15) is 42.5 Å². The number of benzene rings is 4. The van der Waals surface area contributed by atoms with E-state index in [2.05, 4.69) is 34.8 Å². The zero-order valence-electron chi connectivity index (χ0n) is 58.1. The highest BCUT2D eigenvalue weighted by atomic mass is 32.2. The fourth-order valence-corrected chi connectivity index (χ4v) is 18.1. The number of nitrogens with one attached hydrogen (secondary N) is 3. The zero-order valence-corrected chi connectivity index (χ0v) is 59.7. The predicted octanol–water partition coefficient (Wildman–Crippen LogP) is 8.82. The maximum atomic E-state index is 13.9. The van der Waals surface area contributed by atoms with Crippen LogP contribution in [-0.2, 0) is 50.1 Å². The van der Waals surface area contributed by atoms with Crippen LogP contribution in [0, 0.1) is 23.2 Å². The van der Waals surface area contributed by atoms with Crippen LogP contribution < -0.4 is 20.7 Å². The van der Waals surface area contributed by atoms with Gasteiger partial charge in [-0.2, -0.15) is 13.5 Å². The molecule has 0 radical (unpaired) electrons. The molecule has 30 heteroatoms. The number of hydrogen-bond donors (Lipinski definition) is 9. The molecule has 4 bridgehead atoms. The number of imide groups is 1. The van der Waals surface area contributed by atoms with E-state index < -0.39 is 82.5 Å². The first kappa shape index (κ1) is 75.0. The van der Waals surface area contributed by atoms with Crippen molar-refractivity contribution >= 4 is 107 Å². The van der Waals surface area contributed by atoms with Gasteiger partial charge in [0.2, 0.25) is 5.91 Å². The van der Waals surface area contributed by atoms with Crippen molar-refractivity contribution in [2.24, 2.45) is 16.2 Å². The second-order valence-electron chi connectivity index (χ2n) is 29.0. The minimum atomic E-state index is -4.55. The molecule has 4 aromatic carbocycles. The Bertz CT molecular complexity index is 4680. The highest BCUT2D eigenvalue weighted by molar-refractivity contribution is 7.85. The summed E-state index contributed by atoms with van der Waals surface area (Å²) in [5.41, 5.74) is 2.90. The van der Waals surface area contributed by atoms with E-state index in [1.165, 1.54) is 53.8 Å². The quantitative estimate of drug-likeness (QED) is 0.0111. The molecule has 5 heterocycles. The predicted molar refractivity (Wildman–Crippen MR) is 386 cm³/mol. The number of aliphatic hydroxyl groups is 3. The maximum absolute atomic E-state index is 13.9. The lowest BCUT2D eigenvalue weighted by atomic mass is 9.39. The number of carboxylic acids is 2. The van der Waals surface area contributed by atoms with E-state index in [0.717, 1.165) is 63.2 Å². The summed E-state index contributed by atoms with van der Waals surface area (Å²) in [6, 6.07) is 24.7.